The van der Waals surface area contributed by atoms with Gasteiger partial charge in [0.15, 0.2) is 0 Å². The van der Waals surface area contributed by atoms with Gasteiger partial charge in [0.2, 0.25) is 0 Å². The predicted octanol–water partition coefficient (Wildman–Crippen LogP) is 4.07. The minimum atomic E-state index is -4.61. The monoisotopic (exact) mass is 521 g/mol. The molecule has 0 aliphatic carbocycles. The van der Waals surface area contributed by atoms with Crippen LogP contribution in [0.5, 0.6) is 11.5 Å². The summed E-state index contributed by atoms with van der Waals surface area (Å²) in [7, 11) is -1.55. The van der Waals surface area contributed by atoms with Crippen molar-refractivity contribution in [1.82, 2.24) is 5.43 Å². The molecule has 0 unspecified atom stereocenters. The third-order valence-electron chi connectivity index (χ3n) is 4.93. The Hall–Kier alpha value is -4.06. The number of benzene rings is 3. The highest BCUT2D eigenvalue weighted by Gasteiger charge is 2.33. The van der Waals surface area contributed by atoms with Gasteiger partial charge in [-0.25, -0.2) is 13.8 Å². The fraction of sp³-hybridized carbons (Fsp3) is 0.167. The van der Waals surface area contributed by atoms with E-state index in [1.807, 2.05) is 0 Å². The number of hydrazone groups is 1. The number of carbonyl (C=O) groups is 1. The third kappa shape index (κ3) is 6.13. The number of alkyl halides is 3. The minimum Gasteiger partial charge on any atom is -0.497 e. The number of hydrogen-bond acceptors (Lipinski definition) is 6. The van der Waals surface area contributed by atoms with Crippen LogP contribution < -0.4 is 19.2 Å². The van der Waals surface area contributed by atoms with Crippen molar-refractivity contribution in [3.8, 4) is 11.5 Å². The lowest BCUT2D eigenvalue weighted by molar-refractivity contribution is -0.137. The molecule has 0 heterocycles. The SMILES string of the molecule is COc1ccc(OC)c(N(CC(=O)N/N=C\c2ccccc2C(F)(F)F)S(=O)(=O)c2ccccc2)c1. The van der Waals surface area contributed by atoms with Gasteiger partial charge in [0.1, 0.15) is 18.0 Å². The van der Waals surface area contributed by atoms with Gasteiger partial charge in [0, 0.05) is 11.6 Å². The van der Waals surface area contributed by atoms with Crippen molar-refractivity contribution in [3.05, 3.63) is 83.9 Å². The van der Waals surface area contributed by atoms with Crippen LogP contribution in [-0.4, -0.2) is 41.3 Å². The Labute approximate surface area is 206 Å². The first-order valence-corrected chi connectivity index (χ1v) is 11.8. The minimum absolute atomic E-state index is 0.0160. The number of nitrogens with zero attached hydrogens (tertiary/aromatic N) is 2. The standard InChI is InChI=1S/C24H22F3N3O5S/c1-34-18-12-13-22(35-2)21(14-18)30(36(32,33)19-9-4-3-5-10-19)16-23(31)29-28-15-17-8-6-7-11-20(17)24(25,26)27/h3-15H,16H2,1-2H3,(H,29,31)/b28-15-. The van der Waals surface area contributed by atoms with E-state index in [9.17, 15) is 26.4 Å². The first-order valence-electron chi connectivity index (χ1n) is 10.4. The van der Waals surface area contributed by atoms with Gasteiger partial charge in [-0.15, -0.1) is 0 Å². The van der Waals surface area contributed by atoms with E-state index < -0.39 is 34.2 Å². The first-order chi connectivity index (χ1) is 17.1. The van der Waals surface area contributed by atoms with E-state index in [0.29, 0.717) is 5.75 Å². The molecule has 0 fully saturated rings. The number of nitrogens with one attached hydrogen (secondary N) is 1. The zero-order valence-electron chi connectivity index (χ0n) is 19.2. The molecule has 0 saturated heterocycles. The molecule has 3 aromatic carbocycles. The van der Waals surface area contributed by atoms with Crippen LogP contribution >= 0.6 is 0 Å². The third-order valence-corrected chi connectivity index (χ3v) is 6.71. The lowest BCUT2D eigenvalue weighted by Crippen LogP contribution is -2.39. The van der Waals surface area contributed by atoms with E-state index >= 15 is 0 Å². The molecule has 190 valence electrons. The number of amides is 1. The zero-order chi connectivity index (χ0) is 26.3. The van der Waals surface area contributed by atoms with E-state index in [0.717, 1.165) is 16.6 Å². The summed E-state index contributed by atoms with van der Waals surface area (Å²) in [4.78, 5) is 12.6. The van der Waals surface area contributed by atoms with E-state index in [1.165, 1.54) is 68.8 Å². The van der Waals surface area contributed by atoms with E-state index in [4.69, 9.17) is 9.47 Å². The summed E-state index contributed by atoms with van der Waals surface area (Å²) in [5, 5.41) is 3.59. The predicted molar refractivity (Wildman–Crippen MR) is 128 cm³/mol. The molecule has 3 rings (SSSR count). The molecule has 12 heteroatoms. The normalized spacial score (nSPS) is 11.8. The number of sulfonamides is 1. The van der Waals surface area contributed by atoms with Gasteiger partial charge in [0.05, 0.1) is 36.6 Å². The number of methoxy groups -OCH3 is 2. The fourth-order valence-electron chi connectivity index (χ4n) is 3.22. The molecule has 0 bridgehead atoms. The van der Waals surface area contributed by atoms with Gasteiger partial charge in [-0.05, 0) is 30.3 Å². The smallest absolute Gasteiger partial charge is 0.417 e. The molecule has 0 saturated carbocycles. The number of anilines is 1. The number of rotatable bonds is 9. The number of hydrogen-bond donors (Lipinski definition) is 1. The molecule has 1 N–H and O–H groups in total. The second kappa shape index (κ2) is 11.1. The van der Waals surface area contributed by atoms with Crippen molar-refractivity contribution in [2.24, 2.45) is 5.10 Å². The molecule has 1 amide bonds. The van der Waals surface area contributed by atoms with Gasteiger partial charge in [0.25, 0.3) is 15.9 Å². The topological polar surface area (TPSA) is 97.3 Å². The second-order valence-electron chi connectivity index (χ2n) is 7.24. The maximum atomic E-state index is 13.5. The molecule has 0 spiro atoms. The molecule has 0 aliphatic rings. The van der Waals surface area contributed by atoms with Gasteiger partial charge in [-0.2, -0.15) is 18.3 Å². The summed E-state index contributed by atoms with van der Waals surface area (Å²) in [6.07, 6.45) is -3.78. The van der Waals surface area contributed by atoms with Crippen molar-refractivity contribution in [2.45, 2.75) is 11.1 Å². The maximum Gasteiger partial charge on any atom is 0.417 e. The Balaban J connectivity index is 1.94. The average molecular weight is 522 g/mol. The lowest BCUT2D eigenvalue weighted by Gasteiger charge is -2.25. The summed E-state index contributed by atoms with van der Waals surface area (Å²) < 4.78 is 77.8. The number of ether oxygens (including phenoxy) is 2. The zero-order valence-corrected chi connectivity index (χ0v) is 20.0. The van der Waals surface area contributed by atoms with Gasteiger partial charge >= 0.3 is 6.18 Å². The number of carbonyl (C=O) groups excluding carboxylic acids is 1. The molecular formula is C24H22F3N3O5S. The molecule has 36 heavy (non-hydrogen) atoms. The highest BCUT2D eigenvalue weighted by Crippen LogP contribution is 2.35. The quantitative estimate of drug-likeness (QED) is 0.338. The summed E-state index contributed by atoms with van der Waals surface area (Å²) in [6, 6.07) is 16.5. The molecular weight excluding hydrogens is 499 g/mol. The second-order valence-corrected chi connectivity index (χ2v) is 9.10. The van der Waals surface area contributed by atoms with E-state index in [1.54, 1.807) is 12.1 Å². The van der Waals surface area contributed by atoms with Gasteiger partial charge < -0.3 is 9.47 Å². The highest BCUT2D eigenvalue weighted by atomic mass is 32.2. The van der Waals surface area contributed by atoms with Gasteiger partial charge in [-0.3, -0.25) is 9.10 Å². The van der Waals surface area contributed by atoms with Crippen LogP contribution in [-0.2, 0) is 21.0 Å². The largest absolute Gasteiger partial charge is 0.497 e. The molecule has 0 atom stereocenters. The fourth-order valence-corrected chi connectivity index (χ4v) is 4.66. The Morgan fingerprint density at radius 3 is 2.31 bits per heavy atom. The van der Waals surface area contributed by atoms with Crippen molar-refractivity contribution < 1.29 is 35.9 Å². The molecule has 8 nitrogen and oxygen atoms in total. The van der Waals surface area contributed by atoms with E-state index in [2.05, 4.69) is 10.5 Å². The summed E-state index contributed by atoms with van der Waals surface area (Å²) in [5.41, 5.74) is 0.898. The van der Waals surface area contributed by atoms with E-state index in [-0.39, 0.29) is 21.9 Å². The van der Waals surface area contributed by atoms with Crippen LogP contribution in [0.2, 0.25) is 0 Å². The molecule has 0 radical (unpaired) electrons. The van der Waals surface area contributed by atoms with Crippen LogP contribution in [0.3, 0.4) is 0 Å². The number of halogens is 3. The average Bonchev–Trinajstić information content (AvgIpc) is 2.87. The lowest BCUT2D eigenvalue weighted by atomic mass is 10.1. The summed E-state index contributed by atoms with van der Waals surface area (Å²) >= 11 is 0. The van der Waals surface area contributed by atoms with Crippen LogP contribution in [0, 0.1) is 0 Å². The molecule has 3 aromatic rings. The summed E-state index contributed by atoms with van der Waals surface area (Å²) in [6.45, 7) is -0.751. The highest BCUT2D eigenvalue weighted by molar-refractivity contribution is 7.92. The Bertz CT molecular complexity index is 1350. The first kappa shape index (κ1) is 26.5. The van der Waals surface area contributed by atoms with Crippen LogP contribution in [0.1, 0.15) is 11.1 Å². The van der Waals surface area contributed by atoms with Crippen molar-refractivity contribution in [2.75, 3.05) is 25.1 Å². The molecule has 0 aliphatic heterocycles. The van der Waals surface area contributed by atoms with Crippen molar-refractivity contribution in [1.29, 1.82) is 0 Å². The summed E-state index contributed by atoms with van der Waals surface area (Å²) in [5.74, 6) is -0.452. The van der Waals surface area contributed by atoms with Crippen molar-refractivity contribution in [3.63, 3.8) is 0 Å². The van der Waals surface area contributed by atoms with Crippen molar-refractivity contribution >= 4 is 27.8 Å². The maximum absolute atomic E-state index is 13.5. The Morgan fingerprint density at radius 2 is 1.67 bits per heavy atom. The van der Waals surface area contributed by atoms with Crippen LogP contribution in [0.4, 0.5) is 18.9 Å². The molecule has 0 aromatic heterocycles. The van der Waals surface area contributed by atoms with Crippen LogP contribution in [0.25, 0.3) is 0 Å². The van der Waals surface area contributed by atoms with Crippen LogP contribution in [0.15, 0.2) is 82.8 Å². The van der Waals surface area contributed by atoms with Gasteiger partial charge in [-0.1, -0.05) is 36.4 Å². The Kier molecular flexibility index (Phi) is 8.20. The Morgan fingerprint density at radius 1 is 1.00 bits per heavy atom.